The monoisotopic (exact) mass is 774 g/mol. The third-order valence-electron chi connectivity index (χ3n) is 10.8. The molecule has 3 aromatic heterocycles. The Morgan fingerprint density at radius 3 is 2.78 bits per heavy atom. The van der Waals surface area contributed by atoms with E-state index in [2.05, 4.69) is 55.0 Å². The number of ether oxygens (including phenoxy) is 3. The molecule has 4 aromatic rings. The Bertz CT molecular complexity index is 2060. The van der Waals surface area contributed by atoms with Crippen molar-refractivity contribution in [2.75, 3.05) is 47.6 Å². The maximum atomic E-state index is 14.5. The number of thiazole rings is 1. The van der Waals surface area contributed by atoms with E-state index in [1.54, 1.807) is 37.4 Å². The highest BCUT2D eigenvalue weighted by atomic mass is 32.2. The van der Waals surface area contributed by atoms with Crippen molar-refractivity contribution < 1.29 is 28.6 Å². The first kappa shape index (κ1) is 38.5. The number of benzene rings is 1. The molecule has 2 saturated heterocycles. The summed E-state index contributed by atoms with van der Waals surface area (Å²) in [6.45, 7) is 10.6. The van der Waals surface area contributed by atoms with Crippen LogP contribution in [-0.2, 0) is 48.0 Å². The maximum absolute atomic E-state index is 14.5. The number of hydrazine groups is 1. The zero-order chi connectivity index (χ0) is 38.4. The maximum Gasteiger partial charge on any atom is 0.324 e. The van der Waals surface area contributed by atoms with E-state index in [4.69, 9.17) is 24.2 Å². The van der Waals surface area contributed by atoms with Crippen molar-refractivity contribution in [2.24, 2.45) is 5.41 Å². The number of aryl methyl sites for hydroxylation is 1. The lowest BCUT2D eigenvalue weighted by molar-refractivity contribution is -0.155. The van der Waals surface area contributed by atoms with E-state index in [0.29, 0.717) is 45.4 Å². The highest BCUT2D eigenvalue weighted by Gasteiger charge is 2.67. The first-order chi connectivity index (χ1) is 25.9. The number of hydrogen-bond donors (Lipinski definition) is 1. The average molecular weight is 775 g/mol. The van der Waals surface area contributed by atoms with Crippen LogP contribution in [-0.4, -0.2) is 106 Å². The highest BCUT2D eigenvalue weighted by molar-refractivity contribution is 8.10. The Morgan fingerprint density at radius 2 is 2.02 bits per heavy atom. The van der Waals surface area contributed by atoms with Gasteiger partial charge >= 0.3 is 5.97 Å². The number of pyridine rings is 1. The van der Waals surface area contributed by atoms with E-state index in [-0.39, 0.29) is 24.5 Å². The summed E-state index contributed by atoms with van der Waals surface area (Å²) in [5, 5.41) is 4.87. The predicted molar refractivity (Wildman–Crippen MR) is 211 cm³/mol. The Morgan fingerprint density at radius 1 is 1.20 bits per heavy atom. The van der Waals surface area contributed by atoms with Crippen molar-refractivity contribution in [1.29, 1.82) is 0 Å². The third kappa shape index (κ3) is 7.18. The molecule has 6 bridgehead atoms. The summed E-state index contributed by atoms with van der Waals surface area (Å²) in [5.74, 6) is -0.721. The summed E-state index contributed by atoms with van der Waals surface area (Å²) in [6.07, 6.45) is 3.67. The second-order valence-electron chi connectivity index (χ2n) is 15.3. The molecule has 0 saturated carbocycles. The van der Waals surface area contributed by atoms with E-state index < -0.39 is 27.4 Å². The van der Waals surface area contributed by atoms with Gasteiger partial charge in [-0.05, 0) is 62.9 Å². The topological polar surface area (TPSA) is 128 Å². The van der Waals surface area contributed by atoms with E-state index in [9.17, 15) is 14.4 Å². The predicted octanol–water partition coefficient (Wildman–Crippen LogP) is 5.68. The van der Waals surface area contributed by atoms with Gasteiger partial charge in [0.15, 0.2) is 0 Å². The standard InChI is InChI=1S/C40H50N6O6S2/c1-8-45-31-14-13-25-19-27(31)28(34(45)26-11-9-15-41-33(26)24(2)51-7)20-39(3,4)23-52-37(48)29-12-10-16-46(43-29)38(49)40(21-32-42-30(25)22-53-32)35(54-40)36(47)44(5)17-18-50-6/h9,11,13-15,19,22,24,29,35,43H,8,10,12,16-18,20-21,23H2,1-7H3/t24-,29-,35?,40?/m0/s1. The Kier molecular flexibility index (Phi) is 10.9. The van der Waals surface area contributed by atoms with Crippen LogP contribution >= 0.6 is 23.1 Å². The van der Waals surface area contributed by atoms with Gasteiger partial charge in [-0.2, -0.15) is 0 Å². The molecule has 1 aromatic carbocycles. The van der Waals surface area contributed by atoms with Crippen molar-refractivity contribution in [1.82, 2.24) is 29.9 Å². The second kappa shape index (κ2) is 15.4. The molecule has 12 nitrogen and oxygen atoms in total. The lowest BCUT2D eigenvalue weighted by Crippen LogP contribution is -2.59. The molecule has 288 valence electrons. The molecule has 2 fully saturated rings. The van der Waals surface area contributed by atoms with Crippen molar-refractivity contribution in [3.8, 4) is 22.5 Å². The molecular weight excluding hydrogens is 725 g/mol. The van der Waals surface area contributed by atoms with Crippen molar-refractivity contribution in [3.63, 3.8) is 0 Å². The van der Waals surface area contributed by atoms with Gasteiger partial charge < -0.3 is 23.7 Å². The number of cyclic esters (lactones) is 1. The summed E-state index contributed by atoms with van der Waals surface area (Å²) in [5.41, 5.74) is 9.70. The van der Waals surface area contributed by atoms with Crippen molar-refractivity contribution >= 4 is 51.8 Å². The van der Waals surface area contributed by atoms with Crippen LogP contribution in [0.15, 0.2) is 41.9 Å². The van der Waals surface area contributed by atoms with Crippen LogP contribution in [0.5, 0.6) is 0 Å². The number of hydrogen-bond acceptors (Lipinski definition) is 11. The molecule has 0 radical (unpaired) electrons. The SMILES string of the molecule is CCn1c(-c2cccnc2[C@H](C)OC)c2c3cc(ccc31)-c1csc(n1)CC1(SC1C(=O)N(C)CCOC)C(=O)N1CCC[C@H](N1)C(=O)OCC(C)(C)C2. The van der Waals surface area contributed by atoms with Crippen molar-refractivity contribution in [3.05, 3.63) is 58.2 Å². The largest absolute Gasteiger partial charge is 0.464 e. The molecule has 2 amide bonds. The molecule has 2 unspecified atom stereocenters. The van der Waals surface area contributed by atoms with Gasteiger partial charge in [-0.1, -0.05) is 19.9 Å². The number of carbonyl (C=O) groups is 3. The van der Waals surface area contributed by atoms with Crippen molar-refractivity contribution in [2.45, 2.75) is 82.1 Å². The molecule has 14 heteroatoms. The first-order valence-corrected chi connectivity index (χ1v) is 20.4. The summed E-state index contributed by atoms with van der Waals surface area (Å²) >= 11 is 2.87. The summed E-state index contributed by atoms with van der Waals surface area (Å²) in [4.78, 5) is 53.4. The van der Waals surface area contributed by atoms with Gasteiger partial charge in [0.2, 0.25) is 5.91 Å². The van der Waals surface area contributed by atoms with E-state index >= 15 is 0 Å². The number of aromatic nitrogens is 3. The van der Waals surface area contributed by atoms with Crippen LogP contribution in [0, 0.1) is 5.41 Å². The minimum absolute atomic E-state index is 0.120. The number of rotatable bonds is 8. The average Bonchev–Trinajstić information content (AvgIpc) is 3.57. The van der Waals surface area contributed by atoms with Crippen LogP contribution in [0.4, 0.5) is 0 Å². The Balaban J connectivity index is 1.36. The number of thioether (sulfide) groups is 1. The molecule has 1 N–H and O–H groups in total. The number of nitrogens with one attached hydrogen (secondary N) is 1. The first-order valence-electron chi connectivity index (χ1n) is 18.7. The third-order valence-corrected chi connectivity index (χ3v) is 13.3. The zero-order valence-electron chi connectivity index (χ0n) is 32.1. The van der Waals surface area contributed by atoms with Crippen LogP contribution in [0.1, 0.15) is 62.9 Å². The minimum atomic E-state index is -1.05. The van der Waals surface area contributed by atoms with Gasteiger partial charge in [0.1, 0.15) is 16.0 Å². The lowest BCUT2D eigenvalue weighted by atomic mass is 9.84. The lowest BCUT2D eigenvalue weighted by Gasteiger charge is -2.35. The van der Waals surface area contributed by atoms with Gasteiger partial charge in [0.05, 0.1) is 41.4 Å². The van der Waals surface area contributed by atoms with Crippen LogP contribution < -0.4 is 5.43 Å². The highest BCUT2D eigenvalue weighted by Crippen LogP contribution is 2.58. The normalized spacial score (nSPS) is 23.3. The Labute approximate surface area is 324 Å². The van der Waals surface area contributed by atoms with Crippen LogP contribution in [0.25, 0.3) is 33.4 Å². The number of esters is 1. The minimum Gasteiger partial charge on any atom is -0.464 e. The number of nitrogens with zero attached hydrogens (tertiary/aromatic N) is 5. The van der Waals surface area contributed by atoms with E-state index in [1.165, 1.54) is 23.1 Å². The number of amides is 2. The molecule has 3 aliphatic rings. The number of fused-ring (bicyclic) bond motifs is 6. The van der Waals surface area contributed by atoms with Gasteiger partial charge in [-0.3, -0.25) is 24.4 Å². The smallest absolute Gasteiger partial charge is 0.324 e. The fourth-order valence-electron chi connectivity index (χ4n) is 7.77. The van der Waals surface area contributed by atoms with E-state index in [1.807, 2.05) is 18.4 Å². The fourth-order valence-corrected chi connectivity index (χ4v) is 10.1. The fraction of sp³-hybridized carbons (Fsp3) is 0.525. The summed E-state index contributed by atoms with van der Waals surface area (Å²) < 4.78 is 18.4. The van der Waals surface area contributed by atoms with Crippen LogP contribution in [0.3, 0.4) is 0 Å². The van der Waals surface area contributed by atoms with Gasteiger partial charge in [0.25, 0.3) is 5.91 Å². The molecular formula is C40H50N6O6S2. The molecule has 3 aliphatic heterocycles. The number of likely N-dealkylation sites (N-methyl/N-ethyl adjacent to an activating group) is 1. The number of carbonyl (C=O) groups excluding carboxylic acids is 3. The van der Waals surface area contributed by atoms with Gasteiger partial charge in [-0.15, -0.1) is 23.1 Å². The quantitative estimate of drug-likeness (QED) is 0.177. The molecule has 0 aliphatic carbocycles. The van der Waals surface area contributed by atoms with Gasteiger partial charge in [-0.25, -0.2) is 10.4 Å². The molecule has 54 heavy (non-hydrogen) atoms. The molecule has 6 heterocycles. The van der Waals surface area contributed by atoms with E-state index in [0.717, 1.165) is 56.2 Å². The second-order valence-corrected chi connectivity index (χ2v) is 17.7. The van der Waals surface area contributed by atoms with Crippen LogP contribution in [0.2, 0.25) is 0 Å². The number of methoxy groups -OCH3 is 2. The Hall–Kier alpha value is -3.82. The molecule has 4 atom stereocenters. The summed E-state index contributed by atoms with van der Waals surface area (Å²) in [6, 6.07) is 9.88. The summed E-state index contributed by atoms with van der Waals surface area (Å²) in [7, 11) is 5.04. The molecule has 7 rings (SSSR count). The molecule has 1 spiro atoms. The van der Waals surface area contributed by atoms with Gasteiger partial charge in [0, 0.05) is 86.3 Å². The zero-order valence-corrected chi connectivity index (χ0v) is 33.8.